The molecule has 0 bridgehead atoms. The summed E-state index contributed by atoms with van der Waals surface area (Å²) in [6.07, 6.45) is 1.37. The third kappa shape index (κ3) is 3.88. The molecule has 0 unspecified atom stereocenters. The number of hydrogen-bond acceptors (Lipinski definition) is 6. The molecular weight excluding hydrogens is 322 g/mol. The smallest absolute Gasteiger partial charge is 0.264 e. The van der Waals surface area contributed by atoms with Gasteiger partial charge in [0, 0.05) is 18.2 Å². The maximum atomic E-state index is 12.3. The van der Waals surface area contributed by atoms with Crippen molar-refractivity contribution in [3.05, 3.63) is 53.9 Å². The molecule has 7 nitrogen and oxygen atoms in total. The number of nitrogens with zero attached hydrogens (tertiary/aromatic N) is 2. The normalized spacial score (nSPS) is 15.9. The van der Waals surface area contributed by atoms with Crippen molar-refractivity contribution < 1.29 is 19.1 Å². The van der Waals surface area contributed by atoms with Crippen molar-refractivity contribution in [3.63, 3.8) is 0 Å². The molecule has 130 valence electrons. The van der Waals surface area contributed by atoms with Gasteiger partial charge in [-0.05, 0) is 30.3 Å². The average molecular weight is 341 g/mol. The van der Waals surface area contributed by atoms with Crippen LogP contribution < -0.4 is 14.8 Å². The lowest BCUT2D eigenvalue weighted by molar-refractivity contribution is -0.131. The molecule has 1 aromatic carbocycles. The number of carbonyl (C=O) groups is 1. The van der Waals surface area contributed by atoms with E-state index in [0.717, 1.165) is 11.3 Å². The number of hydrogen-bond donors (Lipinski definition) is 1. The zero-order chi connectivity index (χ0) is 17.6. The first-order valence-electron chi connectivity index (χ1n) is 7.84. The van der Waals surface area contributed by atoms with Crippen molar-refractivity contribution in [1.29, 1.82) is 0 Å². The molecule has 0 radical (unpaired) electrons. The predicted molar refractivity (Wildman–Crippen MR) is 91.7 cm³/mol. The molecule has 0 saturated carbocycles. The number of aromatic nitrogens is 1. The number of pyridine rings is 1. The molecule has 7 heteroatoms. The van der Waals surface area contributed by atoms with Gasteiger partial charge in [-0.15, -0.1) is 0 Å². The fourth-order valence-corrected chi connectivity index (χ4v) is 2.51. The molecule has 1 atom stereocenters. The van der Waals surface area contributed by atoms with Crippen molar-refractivity contribution in [2.75, 3.05) is 14.2 Å². The molecule has 1 amide bonds. The third-order valence-corrected chi connectivity index (χ3v) is 3.85. The highest BCUT2D eigenvalue weighted by Crippen LogP contribution is 2.28. The molecule has 2 aromatic rings. The minimum Gasteiger partial charge on any atom is -0.497 e. The van der Waals surface area contributed by atoms with Crippen molar-refractivity contribution in [3.8, 4) is 11.5 Å². The fourth-order valence-electron chi connectivity index (χ4n) is 2.51. The van der Waals surface area contributed by atoms with Gasteiger partial charge in [-0.1, -0.05) is 11.2 Å². The van der Waals surface area contributed by atoms with E-state index in [1.807, 2.05) is 24.3 Å². The van der Waals surface area contributed by atoms with Gasteiger partial charge in [0.25, 0.3) is 5.91 Å². The molecule has 0 saturated heterocycles. The summed E-state index contributed by atoms with van der Waals surface area (Å²) in [5.74, 6) is 1.10. The monoisotopic (exact) mass is 341 g/mol. The highest BCUT2D eigenvalue weighted by Gasteiger charge is 2.30. The van der Waals surface area contributed by atoms with E-state index in [2.05, 4.69) is 15.5 Å². The number of amides is 1. The van der Waals surface area contributed by atoms with E-state index in [1.165, 1.54) is 0 Å². The number of carbonyl (C=O) groups excluding carboxylic acids is 1. The highest BCUT2D eigenvalue weighted by atomic mass is 16.6. The van der Waals surface area contributed by atoms with Crippen molar-refractivity contribution in [2.24, 2.45) is 5.16 Å². The summed E-state index contributed by atoms with van der Waals surface area (Å²) in [5, 5.41) is 6.86. The summed E-state index contributed by atoms with van der Waals surface area (Å²) < 4.78 is 10.6. The first kappa shape index (κ1) is 16.8. The Bertz CT molecular complexity index is 777. The molecule has 25 heavy (non-hydrogen) atoms. The maximum absolute atomic E-state index is 12.3. The minimum absolute atomic E-state index is 0.230. The van der Waals surface area contributed by atoms with E-state index >= 15 is 0 Å². The summed E-state index contributed by atoms with van der Waals surface area (Å²) in [4.78, 5) is 21.7. The average Bonchev–Trinajstić information content (AvgIpc) is 3.16. The van der Waals surface area contributed by atoms with Gasteiger partial charge in [-0.3, -0.25) is 9.78 Å². The van der Waals surface area contributed by atoms with Crippen LogP contribution in [0.1, 0.15) is 17.7 Å². The summed E-state index contributed by atoms with van der Waals surface area (Å²) in [5.41, 5.74) is 2.18. The molecule has 0 aliphatic carbocycles. The van der Waals surface area contributed by atoms with Crippen LogP contribution in [0.2, 0.25) is 0 Å². The lowest BCUT2D eigenvalue weighted by atomic mass is 10.0. The second-order valence-electron chi connectivity index (χ2n) is 5.44. The van der Waals surface area contributed by atoms with E-state index in [-0.39, 0.29) is 5.91 Å². The van der Waals surface area contributed by atoms with Gasteiger partial charge in [0.1, 0.15) is 11.5 Å². The Balaban J connectivity index is 1.64. The molecule has 1 aliphatic heterocycles. The molecule has 1 aliphatic rings. The molecule has 3 rings (SSSR count). The van der Waals surface area contributed by atoms with Gasteiger partial charge in [-0.2, -0.15) is 0 Å². The van der Waals surface area contributed by atoms with Crippen LogP contribution in [0, 0.1) is 0 Å². The fraction of sp³-hybridized carbons (Fsp3) is 0.278. The van der Waals surface area contributed by atoms with Crippen LogP contribution >= 0.6 is 0 Å². The molecule has 0 fully saturated rings. The Kier molecular flexibility index (Phi) is 5.13. The van der Waals surface area contributed by atoms with Gasteiger partial charge < -0.3 is 19.6 Å². The van der Waals surface area contributed by atoms with Gasteiger partial charge in [0.2, 0.25) is 6.10 Å². The van der Waals surface area contributed by atoms with Gasteiger partial charge in [0.05, 0.1) is 32.2 Å². The van der Waals surface area contributed by atoms with Gasteiger partial charge in [0.15, 0.2) is 0 Å². The van der Waals surface area contributed by atoms with E-state index in [9.17, 15) is 4.79 Å². The number of oxime groups is 1. The second-order valence-corrected chi connectivity index (χ2v) is 5.44. The number of ether oxygens (including phenoxy) is 2. The molecular formula is C18H19N3O4. The lowest BCUT2D eigenvalue weighted by Crippen LogP contribution is -2.34. The first-order valence-corrected chi connectivity index (χ1v) is 7.84. The minimum atomic E-state index is -0.672. The highest BCUT2D eigenvalue weighted by molar-refractivity contribution is 6.06. The number of methoxy groups -OCH3 is 2. The van der Waals surface area contributed by atoms with Crippen LogP contribution in [-0.2, 0) is 16.2 Å². The third-order valence-electron chi connectivity index (χ3n) is 3.85. The van der Waals surface area contributed by atoms with Gasteiger partial charge in [-0.25, -0.2) is 0 Å². The molecule has 1 aromatic heterocycles. The van der Waals surface area contributed by atoms with Crippen LogP contribution in [0.5, 0.6) is 11.5 Å². The predicted octanol–water partition coefficient (Wildman–Crippen LogP) is 1.91. The topological polar surface area (TPSA) is 82.0 Å². The van der Waals surface area contributed by atoms with Crippen molar-refractivity contribution in [2.45, 2.75) is 19.1 Å². The van der Waals surface area contributed by atoms with Crippen molar-refractivity contribution >= 4 is 11.6 Å². The summed E-state index contributed by atoms with van der Waals surface area (Å²) in [6.45, 7) is 0.345. The number of rotatable bonds is 6. The SMILES string of the molecule is COc1ccc(OC)c(C2=NO[C@@H](C(=O)NCc3ccccn3)C2)c1. The Labute approximate surface area is 145 Å². The van der Waals surface area contributed by atoms with Gasteiger partial charge >= 0.3 is 0 Å². The zero-order valence-corrected chi connectivity index (χ0v) is 14.1. The second kappa shape index (κ2) is 7.65. The van der Waals surface area contributed by atoms with Crippen LogP contribution in [0.3, 0.4) is 0 Å². The Morgan fingerprint density at radius 2 is 2.16 bits per heavy atom. The van der Waals surface area contributed by atoms with E-state index in [0.29, 0.717) is 30.2 Å². The first-order chi connectivity index (χ1) is 12.2. The van der Waals surface area contributed by atoms with Crippen LogP contribution in [0.4, 0.5) is 0 Å². The summed E-state index contributed by atoms with van der Waals surface area (Å²) in [7, 11) is 3.17. The summed E-state index contributed by atoms with van der Waals surface area (Å²) in [6, 6.07) is 11.0. The van der Waals surface area contributed by atoms with Crippen molar-refractivity contribution in [1.82, 2.24) is 10.3 Å². The van der Waals surface area contributed by atoms with E-state index in [1.54, 1.807) is 32.5 Å². The van der Waals surface area contributed by atoms with E-state index in [4.69, 9.17) is 14.3 Å². The molecule has 1 N–H and O–H groups in total. The van der Waals surface area contributed by atoms with Crippen LogP contribution in [0.15, 0.2) is 47.8 Å². The molecule has 0 spiro atoms. The quantitative estimate of drug-likeness (QED) is 0.868. The largest absolute Gasteiger partial charge is 0.497 e. The number of nitrogens with one attached hydrogen (secondary N) is 1. The van der Waals surface area contributed by atoms with Crippen LogP contribution in [-0.4, -0.2) is 36.9 Å². The van der Waals surface area contributed by atoms with E-state index < -0.39 is 6.10 Å². The summed E-state index contributed by atoms with van der Waals surface area (Å²) >= 11 is 0. The zero-order valence-electron chi connectivity index (χ0n) is 14.1. The Morgan fingerprint density at radius 3 is 2.88 bits per heavy atom. The standard InChI is InChI=1S/C18H19N3O4/c1-23-13-6-7-16(24-2)14(9-13)15-10-17(25-21-15)18(22)20-11-12-5-3-4-8-19-12/h3-9,17H,10-11H2,1-2H3,(H,20,22)/t17-/m1/s1. The molecule has 2 heterocycles. The Hall–Kier alpha value is -3.09. The van der Waals surface area contributed by atoms with Crippen LogP contribution in [0.25, 0.3) is 0 Å². The lowest BCUT2D eigenvalue weighted by Gasteiger charge is -2.10. The Morgan fingerprint density at radius 1 is 1.28 bits per heavy atom. The maximum Gasteiger partial charge on any atom is 0.264 e. The number of benzene rings is 1.